The van der Waals surface area contributed by atoms with Gasteiger partial charge in [0.25, 0.3) is 0 Å². The first-order valence-corrected chi connectivity index (χ1v) is 5.64. The Morgan fingerprint density at radius 1 is 0.950 bits per heavy atom. The first-order chi connectivity index (χ1) is 8.85. The van der Waals surface area contributed by atoms with Crippen LogP contribution in [0, 0.1) is 0 Å². The van der Waals surface area contributed by atoms with Crippen molar-refractivity contribution in [2.75, 3.05) is 5.73 Å². The van der Waals surface area contributed by atoms with Crippen molar-refractivity contribution >= 4 is 18.1 Å². The second kappa shape index (κ2) is 4.40. The molecule has 6 heteroatoms. The van der Waals surface area contributed by atoms with E-state index in [-0.39, 0.29) is 29.2 Å². The fourth-order valence-corrected chi connectivity index (χ4v) is 2.58. The zero-order valence-corrected chi connectivity index (χ0v) is 10.9. The summed E-state index contributed by atoms with van der Waals surface area (Å²) in [5.41, 5.74) is 3.14. The molecule has 0 bridgehead atoms. The molecule has 0 fully saturated rings. The van der Waals surface area contributed by atoms with Crippen molar-refractivity contribution in [2.45, 2.75) is 11.8 Å². The van der Waals surface area contributed by atoms with Crippen molar-refractivity contribution in [3.05, 3.63) is 53.6 Å². The van der Waals surface area contributed by atoms with Crippen LogP contribution in [-0.4, -0.2) is 11.3 Å². The molecule has 0 amide bonds. The van der Waals surface area contributed by atoms with E-state index >= 15 is 0 Å². The van der Waals surface area contributed by atoms with Gasteiger partial charge in [0, 0.05) is 16.8 Å². The number of halogens is 4. The van der Waals surface area contributed by atoms with Gasteiger partial charge >= 0.3 is 6.18 Å². The largest absolute Gasteiger partial charge is 0.425 e. The highest BCUT2D eigenvalue weighted by atomic mass is 35.5. The van der Waals surface area contributed by atoms with E-state index in [1.807, 2.05) is 0 Å². The molecule has 0 spiro atoms. The number of fused-ring (bicyclic) bond motifs is 3. The normalized spacial score (nSPS) is 20.0. The van der Waals surface area contributed by atoms with Crippen LogP contribution in [0.1, 0.15) is 11.1 Å². The molecule has 106 valence electrons. The average molecular weight is 302 g/mol. The summed E-state index contributed by atoms with van der Waals surface area (Å²) in [5, 5.41) is 10.3. The maximum Gasteiger partial charge on any atom is 0.425 e. The Balaban J connectivity index is 0.00000147. The zero-order valence-electron chi connectivity index (χ0n) is 10.1. The number of nitrogen functional groups attached to an aromatic ring is 1. The van der Waals surface area contributed by atoms with Gasteiger partial charge in [-0.15, -0.1) is 12.4 Å². The van der Waals surface area contributed by atoms with Crippen LogP contribution < -0.4 is 5.73 Å². The fraction of sp³-hybridized carbons (Fsp3) is 0.143. The van der Waals surface area contributed by atoms with Crippen LogP contribution in [0.15, 0.2) is 42.5 Å². The van der Waals surface area contributed by atoms with Gasteiger partial charge in [0.15, 0.2) is 0 Å². The molecule has 2 nitrogen and oxygen atoms in total. The smallest absolute Gasteiger partial charge is 0.399 e. The van der Waals surface area contributed by atoms with Gasteiger partial charge in [-0.3, -0.25) is 0 Å². The van der Waals surface area contributed by atoms with Gasteiger partial charge in [-0.1, -0.05) is 30.3 Å². The number of anilines is 1. The molecule has 20 heavy (non-hydrogen) atoms. The average Bonchev–Trinajstić information content (AvgIpc) is 2.61. The lowest BCUT2D eigenvalue weighted by molar-refractivity contribution is -0.246. The Morgan fingerprint density at radius 2 is 1.55 bits per heavy atom. The second-order valence-electron chi connectivity index (χ2n) is 4.56. The SMILES string of the molecule is Cl.Nc1ccc2c(c1)C(O)(C(F)(F)F)c1ccccc1-2. The second-order valence-corrected chi connectivity index (χ2v) is 4.56. The highest BCUT2D eigenvalue weighted by Crippen LogP contribution is 2.55. The van der Waals surface area contributed by atoms with Crippen LogP contribution in [0.2, 0.25) is 0 Å². The summed E-state index contributed by atoms with van der Waals surface area (Å²) in [4.78, 5) is 0. The number of benzene rings is 2. The van der Waals surface area contributed by atoms with E-state index in [0.29, 0.717) is 11.1 Å². The van der Waals surface area contributed by atoms with Gasteiger partial charge in [0.2, 0.25) is 5.60 Å². The van der Waals surface area contributed by atoms with Crippen LogP contribution in [0.3, 0.4) is 0 Å². The van der Waals surface area contributed by atoms with Crippen LogP contribution >= 0.6 is 12.4 Å². The summed E-state index contributed by atoms with van der Waals surface area (Å²) in [7, 11) is 0. The Hall–Kier alpha value is -1.72. The molecule has 1 atom stereocenters. The van der Waals surface area contributed by atoms with E-state index in [4.69, 9.17) is 5.73 Å². The van der Waals surface area contributed by atoms with Gasteiger partial charge in [-0.2, -0.15) is 13.2 Å². The maximum atomic E-state index is 13.3. The molecule has 0 radical (unpaired) electrons. The molecule has 1 aliphatic rings. The van der Waals surface area contributed by atoms with Crippen LogP contribution in [0.5, 0.6) is 0 Å². The van der Waals surface area contributed by atoms with Crippen LogP contribution in [-0.2, 0) is 5.60 Å². The Labute approximate surface area is 119 Å². The summed E-state index contributed by atoms with van der Waals surface area (Å²) < 4.78 is 40.0. The number of hydrogen-bond donors (Lipinski definition) is 2. The molecule has 3 N–H and O–H groups in total. The van der Waals surface area contributed by atoms with Crippen molar-refractivity contribution < 1.29 is 18.3 Å². The standard InChI is InChI=1S/C14H10F3NO.ClH/c15-14(16,17)13(19)11-4-2-1-3-9(11)10-6-5-8(18)7-12(10)13;/h1-7,19H,18H2;1H. The summed E-state index contributed by atoms with van der Waals surface area (Å²) in [6.45, 7) is 0. The lowest BCUT2D eigenvalue weighted by Crippen LogP contribution is -2.41. The number of aliphatic hydroxyl groups is 1. The summed E-state index contributed by atoms with van der Waals surface area (Å²) >= 11 is 0. The third-order valence-corrected chi connectivity index (χ3v) is 3.45. The van der Waals surface area contributed by atoms with Gasteiger partial charge in [-0.25, -0.2) is 0 Å². The topological polar surface area (TPSA) is 46.2 Å². The van der Waals surface area contributed by atoms with E-state index in [1.165, 1.54) is 30.3 Å². The highest BCUT2D eigenvalue weighted by molar-refractivity contribution is 5.85. The van der Waals surface area contributed by atoms with Gasteiger partial charge in [0.05, 0.1) is 0 Å². The summed E-state index contributed by atoms with van der Waals surface area (Å²) in [6.07, 6.45) is -4.80. The van der Waals surface area contributed by atoms with Crippen molar-refractivity contribution in [1.82, 2.24) is 0 Å². The molecule has 0 saturated heterocycles. The number of hydrogen-bond acceptors (Lipinski definition) is 2. The monoisotopic (exact) mass is 301 g/mol. The molecule has 2 aromatic rings. The molecule has 0 aromatic heterocycles. The number of rotatable bonds is 0. The van der Waals surface area contributed by atoms with Crippen LogP contribution in [0.25, 0.3) is 11.1 Å². The predicted molar refractivity (Wildman–Crippen MR) is 72.6 cm³/mol. The molecular weight excluding hydrogens is 291 g/mol. The van der Waals surface area contributed by atoms with Crippen molar-refractivity contribution in [3.8, 4) is 11.1 Å². The lowest BCUT2D eigenvalue weighted by atomic mass is 9.90. The third kappa shape index (κ3) is 1.70. The Bertz CT molecular complexity index is 672. The van der Waals surface area contributed by atoms with Crippen molar-refractivity contribution in [2.24, 2.45) is 0 Å². The molecule has 0 saturated carbocycles. The molecular formula is C14H11ClF3NO. The van der Waals surface area contributed by atoms with Crippen LogP contribution in [0.4, 0.5) is 18.9 Å². The number of nitrogens with two attached hydrogens (primary N) is 1. The summed E-state index contributed by atoms with van der Waals surface area (Å²) in [5.74, 6) is 0. The Kier molecular flexibility index (Phi) is 3.23. The van der Waals surface area contributed by atoms with E-state index in [1.54, 1.807) is 12.1 Å². The summed E-state index contributed by atoms with van der Waals surface area (Å²) in [6, 6.07) is 10.2. The molecule has 2 aromatic carbocycles. The maximum absolute atomic E-state index is 13.3. The predicted octanol–water partition coefficient (Wildman–Crippen LogP) is 3.47. The van der Waals surface area contributed by atoms with Gasteiger partial charge < -0.3 is 10.8 Å². The lowest BCUT2D eigenvalue weighted by Gasteiger charge is -2.28. The van der Waals surface area contributed by atoms with Crippen molar-refractivity contribution in [3.63, 3.8) is 0 Å². The first-order valence-electron chi connectivity index (χ1n) is 5.64. The minimum absolute atomic E-state index is 0. The number of alkyl halides is 3. The molecule has 3 rings (SSSR count). The quantitative estimate of drug-likeness (QED) is 0.732. The Morgan fingerprint density at radius 3 is 2.20 bits per heavy atom. The van der Waals surface area contributed by atoms with E-state index in [2.05, 4.69) is 0 Å². The minimum atomic E-state index is -4.80. The highest BCUT2D eigenvalue weighted by Gasteiger charge is 2.60. The first kappa shape index (κ1) is 14.7. The van der Waals surface area contributed by atoms with Gasteiger partial charge in [-0.05, 0) is 23.3 Å². The van der Waals surface area contributed by atoms with Crippen molar-refractivity contribution in [1.29, 1.82) is 0 Å². The molecule has 1 aliphatic carbocycles. The molecule has 0 aliphatic heterocycles. The zero-order chi connectivity index (χ0) is 13.8. The van der Waals surface area contributed by atoms with E-state index < -0.39 is 11.8 Å². The molecule has 0 heterocycles. The van der Waals surface area contributed by atoms with E-state index in [0.717, 1.165) is 0 Å². The fourth-order valence-electron chi connectivity index (χ4n) is 2.58. The molecule has 1 unspecified atom stereocenters. The minimum Gasteiger partial charge on any atom is -0.399 e. The third-order valence-electron chi connectivity index (χ3n) is 3.45. The van der Waals surface area contributed by atoms with Gasteiger partial charge in [0.1, 0.15) is 0 Å². The van der Waals surface area contributed by atoms with E-state index in [9.17, 15) is 18.3 Å².